The molecule has 0 saturated heterocycles. The number of nitrogens with zero attached hydrogens (tertiary/aromatic N) is 1. The molecule has 32 heavy (non-hydrogen) atoms. The molecule has 0 aliphatic carbocycles. The first-order chi connectivity index (χ1) is 15.5. The van der Waals surface area contributed by atoms with Gasteiger partial charge in [0.1, 0.15) is 12.4 Å². The van der Waals surface area contributed by atoms with E-state index >= 15 is 0 Å². The van der Waals surface area contributed by atoms with Gasteiger partial charge < -0.3 is 30.0 Å². The first-order valence-electron chi connectivity index (χ1n) is 9.61. The highest BCUT2D eigenvalue weighted by Gasteiger charge is 2.18. The molecule has 0 aliphatic rings. The number of carbonyl (C=O) groups excluding carboxylic acids is 2. The van der Waals surface area contributed by atoms with Crippen LogP contribution in [-0.2, 0) is 11.4 Å². The molecule has 0 fully saturated rings. The Labute approximate surface area is 185 Å². The fraction of sp³-hybridized carbons (Fsp3) is 0.174. The van der Waals surface area contributed by atoms with E-state index in [9.17, 15) is 9.59 Å². The Morgan fingerprint density at radius 3 is 2.34 bits per heavy atom. The van der Waals surface area contributed by atoms with Crippen LogP contribution in [0.5, 0.6) is 23.0 Å². The minimum Gasteiger partial charge on any atom is -0.493 e. The smallest absolute Gasteiger partial charge is 0.255 e. The van der Waals surface area contributed by atoms with E-state index in [1.165, 1.54) is 26.4 Å². The number of nitrogens with one attached hydrogen (secondary N) is 1. The highest BCUT2D eigenvalue weighted by molar-refractivity contribution is 6.05. The molecule has 0 bridgehead atoms. The fourth-order valence-electron chi connectivity index (χ4n) is 2.80. The van der Waals surface area contributed by atoms with E-state index in [4.69, 9.17) is 24.7 Å². The molecule has 2 amide bonds. The number of pyridine rings is 1. The Bertz CT molecular complexity index is 1060. The average molecular weight is 437 g/mol. The molecule has 0 spiro atoms. The maximum atomic E-state index is 12.8. The van der Waals surface area contributed by atoms with Crippen LogP contribution in [0.1, 0.15) is 16.1 Å². The van der Waals surface area contributed by atoms with Crippen molar-refractivity contribution >= 4 is 17.5 Å². The zero-order valence-corrected chi connectivity index (χ0v) is 17.7. The standard InChI is InChI=1S/C23H23N3O6/c1-29-19-10-15(11-20(30-2)22(19)32-14-21(24)27)23(28)26-16-7-5-8-18(12-16)31-13-17-6-3-4-9-25-17/h3-12H,13-14H2,1-2H3,(H2,24,27)(H,26,28). The molecule has 1 heterocycles. The number of nitrogens with two attached hydrogens (primary N) is 1. The largest absolute Gasteiger partial charge is 0.493 e. The number of benzene rings is 2. The van der Waals surface area contributed by atoms with Crippen molar-refractivity contribution in [3.05, 3.63) is 72.1 Å². The lowest BCUT2D eigenvalue weighted by Crippen LogP contribution is -2.20. The Hall–Kier alpha value is -4.27. The Balaban J connectivity index is 1.74. The number of aromatic nitrogens is 1. The number of hydrogen-bond acceptors (Lipinski definition) is 7. The Morgan fingerprint density at radius 1 is 0.969 bits per heavy atom. The third kappa shape index (κ3) is 5.88. The van der Waals surface area contributed by atoms with E-state index < -0.39 is 11.8 Å². The normalized spacial score (nSPS) is 10.2. The van der Waals surface area contributed by atoms with Crippen LogP contribution in [0.2, 0.25) is 0 Å². The van der Waals surface area contributed by atoms with Crippen molar-refractivity contribution in [3.63, 3.8) is 0 Å². The van der Waals surface area contributed by atoms with Crippen LogP contribution in [0, 0.1) is 0 Å². The number of anilines is 1. The van der Waals surface area contributed by atoms with Crippen LogP contribution in [0.25, 0.3) is 0 Å². The number of rotatable bonds is 10. The molecule has 0 radical (unpaired) electrons. The summed E-state index contributed by atoms with van der Waals surface area (Å²) in [4.78, 5) is 28.1. The van der Waals surface area contributed by atoms with Crippen LogP contribution in [0.4, 0.5) is 5.69 Å². The molecule has 1 aromatic heterocycles. The lowest BCUT2D eigenvalue weighted by Gasteiger charge is -2.15. The Morgan fingerprint density at radius 2 is 1.72 bits per heavy atom. The minimum atomic E-state index is -0.652. The lowest BCUT2D eigenvalue weighted by molar-refractivity contribution is -0.120. The van der Waals surface area contributed by atoms with Crippen LogP contribution < -0.4 is 30.0 Å². The highest BCUT2D eigenvalue weighted by atomic mass is 16.5. The number of hydrogen-bond donors (Lipinski definition) is 2. The van der Waals surface area contributed by atoms with Crippen molar-refractivity contribution in [2.45, 2.75) is 6.61 Å². The first-order valence-corrected chi connectivity index (χ1v) is 9.61. The van der Waals surface area contributed by atoms with Gasteiger partial charge in [0.2, 0.25) is 5.75 Å². The van der Waals surface area contributed by atoms with Crippen molar-refractivity contribution in [3.8, 4) is 23.0 Å². The number of amides is 2. The molecular formula is C23H23N3O6. The summed E-state index contributed by atoms with van der Waals surface area (Å²) in [5.74, 6) is 0.159. The molecule has 3 N–H and O–H groups in total. The summed E-state index contributed by atoms with van der Waals surface area (Å²) in [6, 6.07) is 15.5. The molecule has 3 aromatic rings. The SMILES string of the molecule is COc1cc(C(=O)Nc2cccc(OCc3ccccn3)c2)cc(OC)c1OCC(N)=O. The van der Waals surface area contributed by atoms with Gasteiger partial charge in [-0.1, -0.05) is 12.1 Å². The fourth-order valence-corrected chi connectivity index (χ4v) is 2.80. The van der Waals surface area contributed by atoms with Crippen molar-refractivity contribution in [2.75, 3.05) is 26.1 Å². The summed E-state index contributed by atoms with van der Waals surface area (Å²) in [5, 5.41) is 2.81. The summed E-state index contributed by atoms with van der Waals surface area (Å²) >= 11 is 0. The van der Waals surface area contributed by atoms with Gasteiger partial charge in [0, 0.05) is 23.5 Å². The zero-order chi connectivity index (χ0) is 22.9. The van der Waals surface area contributed by atoms with Crippen LogP contribution in [0.3, 0.4) is 0 Å². The van der Waals surface area contributed by atoms with E-state index in [0.717, 1.165) is 5.69 Å². The molecule has 0 unspecified atom stereocenters. The highest BCUT2D eigenvalue weighted by Crippen LogP contribution is 2.38. The van der Waals surface area contributed by atoms with Gasteiger partial charge in [-0.3, -0.25) is 14.6 Å². The minimum absolute atomic E-state index is 0.176. The molecule has 0 saturated carbocycles. The van der Waals surface area contributed by atoms with Gasteiger partial charge >= 0.3 is 0 Å². The average Bonchev–Trinajstić information content (AvgIpc) is 2.81. The summed E-state index contributed by atoms with van der Waals surface area (Å²) in [7, 11) is 2.83. The monoisotopic (exact) mass is 437 g/mol. The summed E-state index contributed by atoms with van der Waals surface area (Å²) in [6.45, 7) is -0.0526. The van der Waals surface area contributed by atoms with Gasteiger partial charge in [-0.25, -0.2) is 0 Å². The van der Waals surface area contributed by atoms with Gasteiger partial charge in [0.15, 0.2) is 18.1 Å². The molecule has 166 valence electrons. The molecule has 0 aliphatic heterocycles. The van der Waals surface area contributed by atoms with E-state index in [0.29, 0.717) is 18.0 Å². The second-order valence-electron chi connectivity index (χ2n) is 6.56. The van der Waals surface area contributed by atoms with Crippen LogP contribution in [0.15, 0.2) is 60.8 Å². The van der Waals surface area contributed by atoms with Crippen molar-refractivity contribution < 1.29 is 28.5 Å². The van der Waals surface area contributed by atoms with Gasteiger partial charge in [0.05, 0.1) is 19.9 Å². The maximum absolute atomic E-state index is 12.8. The number of ether oxygens (including phenoxy) is 4. The number of methoxy groups -OCH3 is 2. The summed E-state index contributed by atoms with van der Waals surface area (Å²) in [6.07, 6.45) is 1.70. The van der Waals surface area contributed by atoms with Crippen molar-refractivity contribution in [1.29, 1.82) is 0 Å². The van der Waals surface area contributed by atoms with E-state index in [2.05, 4.69) is 10.3 Å². The third-order valence-corrected chi connectivity index (χ3v) is 4.29. The second-order valence-corrected chi connectivity index (χ2v) is 6.56. The van der Waals surface area contributed by atoms with Crippen LogP contribution in [-0.4, -0.2) is 37.6 Å². The quantitative estimate of drug-likeness (QED) is 0.500. The molecule has 0 atom stereocenters. The van der Waals surface area contributed by atoms with E-state index in [1.807, 2.05) is 18.2 Å². The van der Waals surface area contributed by atoms with Gasteiger partial charge in [-0.2, -0.15) is 0 Å². The van der Waals surface area contributed by atoms with Gasteiger partial charge in [-0.15, -0.1) is 0 Å². The molecule has 3 rings (SSSR count). The summed E-state index contributed by atoms with van der Waals surface area (Å²) < 4.78 is 21.7. The van der Waals surface area contributed by atoms with Crippen molar-refractivity contribution in [2.24, 2.45) is 5.73 Å². The van der Waals surface area contributed by atoms with Crippen molar-refractivity contribution in [1.82, 2.24) is 4.98 Å². The van der Waals surface area contributed by atoms with E-state index in [1.54, 1.807) is 30.5 Å². The molecule has 9 heteroatoms. The Kier molecular flexibility index (Phi) is 7.47. The number of carbonyl (C=O) groups is 2. The molecule has 9 nitrogen and oxygen atoms in total. The topological polar surface area (TPSA) is 122 Å². The number of primary amides is 1. The first kappa shape index (κ1) is 22.4. The molecule has 2 aromatic carbocycles. The lowest BCUT2D eigenvalue weighted by atomic mass is 10.1. The van der Waals surface area contributed by atoms with Crippen LogP contribution >= 0.6 is 0 Å². The molecular weight excluding hydrogens is 414 g/mol. The third-order valence-electron chi connectivity index (χ3n) is 4.29. The maximum Gasteiger partial charge on any atom is 0.255 e. The van der Waals surface area contributed by atoms with E-state index in [-0.39, 0.29) is 29.4 Å². The predicted octanol–water partition coefficient (Wildman–Crippen LogP) is 2.79. The predicted molar refractivity (Wildman–Crippen MR) is 117 cm³/mol. The zero-order valence-electron chi connectivity index (χ0n) is 17.7. The second kappa shape index (κ2) is 10.7. The summed E-state index contributed by atoms with van der Waals surface area (Å²) in [5.41, 5.74) is 6.73. The van der Waals surface area contributed by atoms with Gasteiger partial charge in [-0.05, 0) is 36.4 Å². The van der Waals surface area contributed by atoms with Gasteiger partial charge in [0.25, 0.3) is 11.8 Å².